The van der Waals surface area contributed by atoms with E-state index in [0.717, 1.165) is 27.9 Å². The fourth-order valence-electron chi connectivity index (χ4n) is 3.44. The van der Waals surface area contributed by atoms with Gasteiger partial charge in [-0.25, -0.2) is 5.43 Å². The molecule has 0 aromatic heterocycles. The van der Waals surface area contributed by atoms with Crippen molar-refractivity contribution in [2.75, 3.05) is 24.4 Å². The van der Waals surface area contributed by atoms with Gasteiger partial charge in [-0.15, -0.1) is 0 Å². The molecule has 0 saturated heterocycles. The van der Waals surface area contributed by atoms with Crippen molar-refractivity contribution in [3.05, 3.63) is 82.4 Å². The number of para-hydroxylation sites is 1. The molecule has 3 amide bonds. The van der Waals surface area contributed by atoms with Crippen LogP contribution in [0.2, 0.25) is 0 Å². The monoisotopic (exact) mass is 502 g/mol. The fraction of sp³-hybridized carbons (Fsp3) is 0.214. The molecule has 3 aromatic carbocycles. The molecule has 0 spiro atoms. The zero-order valence-corrected chi connectivity index (χ0v) is 21.5. The van der Waals surface area contributed by atoms with Crippen LogP contribution in [-0.2, 0) is 14.4 Å². The molecule has 9 nitrogen and oxygen atoms in total. The summed E-state index contributed by atoms with van der Waals surface area (Å²) in [6.45, 7) is 7.52. The van der Waals surface area contributed by atoms with Crippen molar-refractivity contribution in [3.63, 3.8) is 0 Å². The van der Waals surface area contributed by atoms with Gasteiger partial charge < -0.3 is 20.1 Å². The van der Waals surface area contributed by atoms with E-state index in [1.54, 1.807) is 30.3 Å². The van der Waals surface area contributed by atoms with Crippen molar-refractivity contribution in [1.29, 1.82) is 0 Å². The molecule has 0 unspecified atom stereocenters. The molecule has 0 atom stereocenters. The number of methoxy groups -OCH3 is 1. The van der Waals surface area contributed by atoms with Crippen LogP contribution >= 0.6 is 0 Å². The number of hydrogen-bond donors (Lipinski definition) is 3. The Morgan fingerprint density at radius 2 is 1.54 bits per heavy atom. The molecule has 0 fully saturated rings. The summed E-state index contributed by atoms with van der Waals surface area (Å²) in [5.41, 5.74) is 8.07. The van der Waals surface area contributed by atoms with E-state index < -0.39 is 11.8 Å². The van der Waals surface area contributed by atoms with E-state index in [4.69, 9.17) is 9.47 Å². The number of benzene rings is 3. The average Bonchev–Trinajstić information content (AvgIpc) is 2.87. The highest BCUT2D eigenvalue weighted by atomic mass is 16.5. The lowest BCUT2D eigenvalue weighted by molar-refractivity contribution is -0.136. The molecular formula is C28H30N4O5. The first kappa shape index (κ1) is 26.9. The maximum Gasteiger partial charge on any atom is 0.329 e. The van der Waals surface area contributed by atoms with E-state index in [2.05, 4.69) is 21.2 Å². The second-order valence-electron chi connectivity index (χ2n) is 8.47. The predicted octanol–water partition coefficient (Wildman–Crippen LogP) is 4.04. The Morgan fingerprint density at radius 1 is 0.811 bits per heavy atom. The Bertz CT molecular complexity index is 1330. The van der Waals surface area contributed by atoms with Crippen molar-refractivity contribution in [2.24, 2.45) is 5.10 Å². The smallest absolute Gasteiger partial charge is 0.329 e. The lowest BCUT2D eigenvalue weighted by atomic mass is 10.1. The number of aryl methyl sites for hydroxylation is 4. The van der Waals surface area contributed by atoms with E-state index in [1.807, 2.05) is 52.0 Å². The number of anilines is 2. The van der Waals surface area contributed by atoms with Gasteiger partial charge in [0.1, 0.15) is 0 Å². The lowest BCUT2D eigenvalue weighted by Crippen LogP contribution is -2.32. The molecule has 3 N–H and O–H groups in total. The van der Waals surface area contributed by atoms with E-state index in [1.165, 1.54) is 13.3 Å². The van der Waals surface area contributed by atoms with Crippen LogP contribution < -0.4 is 25.5 Å². The van der Waals surface area contributed by atoms with Crippen molar-refractivity contribution < 1.29 is 23.9 Å². The topological polar surface area (TPSA) is 118 Å². The quantitative estimate of drug-likeness (QED) is 0.244. The van der Waals surface area contributed by atoms with Gasteiger partial charge in [0.05, 0.1) is 13.3 Å². The number of nitrogens with one attached hydrogen (secondary N) is 3. The maximum atomic E-state index is 12.4. The number of hydrogen-bond acceptors (Lipinski definition) is 6. The molecule has 9 heteroatoms. The molecule has 3 aromatic rings. The minimum absolute atomic E-state index is 0.205. The van der Waals surface area contributed by atoms with Crippen LogP contribution in [0.25, 0.3) is 0 Å². The summed E-state index contributed by atoms with van der Waals surface area (Å²) in [5, 5.41) is 9.23. The number of amides is 3. The van der Waals surface area contributed by atoms with Crippen LogP contribution in [0.3, 0.4) is 0 Å². The minimum Gasteiger partial charge on any atom is -0.493 e. The van der Waals surface area contributed by atoms with Gasteiger partial charge in [0.15, 0.2) is 18.1 Å². The first-order valence-corrected chi connectivity index (χ1v) is 11.6. The zero-order chi connectivity index (χ0) is 26.9. The normalized spacial score (nSPS) is 10.6. The Labute approximate surface area is 215 Å². The van der Waals surface area contributed by atoms with Gasteiger partial charge in [-0.05, 0) is 85.8 Å². The first-order valence-electron chi connectivity index (χ1n) is 11.6. The molecule has 37 heavy (non-hydrogen) atoms. The Kier molecular flexibility index (Phi) is 8.99. The SMILES string of the molecule is COc1cc(/C=N\NC(=O)C(=O)Nc2ccc(C)c(C)c2)ccc1OCC(=O)Nc1c(C)cccc1C. The summed E-state index contributed by atoms with van der Waals surface area (Å²) in [6, 6.07) is 16.1. The molecule has 0 aliphatic carbocycles. The van der Waals surface area contributed by atoms with Gasteiger partial charge in [0.2, 0.25) is 0 Å². The standard InChI is InChI=1S/C28H30N4O5/c1-17-9-11-22(13-20(17)4)30-27(34)28(35)32-29-15-21-10-12-23(24(14-21)36-5)37-16-25(33)31-26-18(2)7-6-8-19(26)3/h6-15H,16H2,1-5H3,(H,30,34)(H,31,33)(H,32,35)/b29-15-. The molecule has 192 valence electrons. The third kappa shape index (κ3) is 7.41. The molecule has 0 aliphatic rings. The summed E-state index contributed by atoms with van der Waals surface area (Å²) in [7, 11) is 1.47. The van der Waals surface area contributed by atoms with E-state index in [-0.39, 0.29) is 12.5 Å². The summed E-state index contributed by atoms with van der Waals surface area (Å²) in [5.74, 6) is -1.29. The van der Waals surface area contributed by atoms with Crippen molar-refractivity contribution >= 4 is 35.3 Å². The van der Waals surface area contributed by atoms with Crippen LogP contribution in [-0.4, -0.2) is 37.7 Å². The molecular weight excluding hydrogens is 472 g/mol. The van der Waals surface area contributed by atoms with Gasteiger partial charge in [-0.3, -0.25) is 14.4 Å². The third-order valence-electron chi connectivity index (χ3n) is 5.64. The minimum atomic E-state index is -0.906. The number of ether oxygens (including phenoxy) is 2. The Morgan fingerprint density at radius 3 is 2.22 bits per heavy atom. The van der Waals surface area contributed by atoms with E-state index in [9.17, 15) is 14.4 Å². The number of rotatable bonds is 8. The maximum absolute atomic E-state index is 12.4. The molecule has 0 radical (unpaired) electrons. The van der Waals surface area contributed by atoms with Crippen molar-refractivity contribution in [1.82, 2.24) is 5.43 Å². The summed E-state index contributed by atoms with van der Waals surface area (Å²) in [6.07, 6.45) is 1.36. The van der Waals surface area contributed by atoms with Crippen LogP contribution in [0.1, 0.15) is 27.8 Å². The molecule has 0 heterocycles. The van der Waals surface area contributed by atoms with E-state index in [0.29, 0.717) is 22.7 Å². The molecule has 0 bridgehead atoms. The summed E-state index contributed by atoms with van der Waals surface area (Å²) in [4.78, 5) is 36.6. The average molecular weight is 503 g/mol. The highest BCUT2D eigenvalue weighted by Crippen LogP contribution is 2.28. The number of carbonyl (C=O) groups excluding carboxylic acids is 3. The zero-order valence-electron chi connectivity index (χ0n) is 21.5. The predicted molar refractivity (Wildman–Crippen MR) is 143 cm³/mol. The number of carbonyl (C=O) groups is 3. The number of nitrogens with zero attached hydrogens (tertiary/aromatic N) is 1. The second-order valence-corrected chi connectivity index (χ2v) is 8.47. The molecule has 0 saturated carbocycles. The first-order chi connectivity index (χ1) is 17.7. The van der Waals surface area contributed by atoms with Gasteiger partial charge in [-0.1, -0.05) is 24.3 Å². The third-order valence-corrected chi connectivity index (χ3v) is 5.64. The van der Waals surface area contributed by atoms with Crippen molar-refractivity contribution in [2.45, 2.75) is 27.7 Å². The molecule has 3 rings (SSSR count). The summed E-state index contributed by atoms with van der Waals surface area (Å²) < 4.78 is 11.0. The van der Waals surface area contributed by atoms with Gasteiger partial charge >= 0.3 is 11.8 Å². The Balaban J connectivity index is 1.55. The van der Waals surface area contributed by atoms with Crippen LogP contribution in [0.15, 0.2) is 59.7 Å². The summed E-state index contributed by atoms with van der Waals surface area (Å²) >= 11 is 0. The Hall–Kier alpha value is -4.66. The van der Waals surface area contributed by atoms with Crippen LogP contribution in [0.5, 0.6) is 11.5 Å². The van der Waals surface area contributed by atoms with Crippen molar-refractivity contribution in [3.8, 4) is 11.5 Å². The van der Waals surface area contributed by atoms with Crippen LogP contribution in [0.4, 0.5) is 11.4 Å². The highest BCUT2D eigenvalue weighted by molar-refractivity contribution is 6.39. The second kappa shape index (κ2) is 12.3. The van der Waals surface area contributed by atoms with Crippen LogP contribution in [0, 0.1) is 27.7 Å². The highest BCUT2D eigenvalue weighted by Gasteiger charge is 2.14. The largest absolute Gasteiger partial charge is 0.493 e. The van der Waals surface area contributed by atoms with Gasteiger partial charge in [0.25, 0.3) is 5.91 Å². The fourth-order valence-corrected chi connectivity index (χ4v) is 3.44. The number of hydrazone groups is 1. The van der Waals surface area contributed by atoms with Gasteiger partial charge in [0, 0.05) is 11.4 Å². The van der Waals surface area contributed by atoms with Gasteiger partial charge in [-0.2, -0.15) is 5.10 Å². The van der Waals surface area contributed by atoms with E-state index >= 15 is 0 Å². The lowest BCUT2D eigenvalue weighted by Gasteiger charge is -2.13. The molecule has 0 aliphatic heterocycles.